The molecule has 1 atom stereocenters. The Morgan fingerprint density at radius 2 is 1.52 bits per heavy atom. The van der Waals surface area contributed by atoms with E-state index in [0.717, 1.165) is 0 Å². The standard InChI is InChI=1S/C17H12F5NO5S/c1-27-10-4-3-8(5-11(10)28-2)7-29(26)12(23(24)25)6-9-13(18)15(20)17(22)16(21)14(9)19/h3-6H,7H2,1-2H3/b12-6-. The van der Waals surface area contributed by atoms with Gasteiger partial charge in [0.25, 0.3) is 0 Å². The van der Waals surface area contributed by atoms with Crippen molar-refractivity contribution in [1.29, 1.82) is 0 Å². The molecular formula is C17H12F5NO5S. The maximum absolute atomic E-state index is 13.8. The van der Waals surface area contributed by atoms with Crippen LogP contribution in [0, 0.1) is 39.2 Å². The summed E-state index contributed by atoms with van der Waals surface area (Å²) in [6.45, 7) is 0. The van der Waals surface area contributed by atoms with Crippen LogP contribution in [0.1, 0.15) is 11.1 Å². The quantitative estimate of drug-likeness (QED) is 0.164. The second-order valence-electron chi connectivity index (χ2n) is 5.40. The number of methoxy groups -OCH3 is 2. The van der Waals surface area contributed by atoms with Crippen LogP contribution < -0.4 is 9.47 Å². The van der Waals surface area contributed by atoms with E-state index in [-0.39, 0.29) is 17.4 Å². The summed E-state index contributed by atoms with van der Waals surface area (Å²) in [5.41, 5.74) is -1.29. The fourth-order valence-corrected chi connectivity index (χ4v) is 3.32. The number of halogens is 5. The topological polar surface area (TPSA) is 84.7 Å². The molecule has 0 aliphatic heterocycles. The third-order valence-corrected chi connectivity index (χ3v) is 5.00. The summed E-state index contributed by atoms with van der Waals surface area (Å²) in [6.07, 6.45) is 0.0626. The summed E-state index contributed by atoms with van der Waals surface area (Å²) >= 11 is -2.50. The van der Waals surface area contributed by atoms with Gasteiger partial charge < -0.3 is 14.0 Å². The highest BCUT2D eigenvalue weighted by atomic mass is 32.2. The van der Waals surface area contributed by atoms with Gasteiger partial charge in [-0.3, -0.25) is 10.1 Å². The molecule has 0 aliphatic carbocycles. The number of benzene rings is 2. The number of ether oxygens (including phenoxy) is 2. The molecule has 6 nitrogen and oxygen atoms in total. The molecule has 0 N–H and O–H groups in total. The lowest BCUT2D eigenvalue weighted by atomic mass is 10.1. The first-order chi connectivity index (χ1) is 13.6. The van der Waals surface area contributed by atoms with Crippen LogP contribution in [0.3, 0.4) is 0 Å². The largest absolute Gasteiger partial charge is 0.606 e. The van der Waals surface area contributed by atoms with E-state index in [1.54, 1.807) is 0 Å². The Kier molecular flexibility index (Phi) is 7.03. The van der Waals surface area contributed by atoms with E-state index >= 15 is 0 Å². The lowest BCUT2D eigenvalue weighted by Gasteiger charge is -2.11. The molecular weight excluding hydrogens is 425 g/mol. The Balaban J connectivity index is 2.46. The molecule has 0 saturated heterocycles. The molecule has 0 spiro atoms. The molecule has 0 heterocycles. The Hall–Kier alpha value is -2.86. The molecule has 0 radical (unpaired) electrons. The molecule has 2 aromatic rings. The first-order valence-electron chi connectivity index (χ1n) is 7.59. The summed E-state index contributed by atoms with van der Waals surface area (Å²) in [5, 5.41) is 9.96. The highest BCUT2D eigenvalue weighted by Crippen LogP contribution is 2.30. The van der Waals surface area contributed by atoms with Crippen LogP contribution in [-0.2, 0) is 16.9 Å². The molecule has 0 aliphatic rings. The minimum Gasteiger partial charge on any atom is -0.606 e. The SMILES string of the molecule is COc1ccc(C[S+]([O-])/C(=C\c2c(F)c(F)c(F)c(F)c2F)[N+](=O)[O-])cc1OC. The van der Waals surface area contributed by atoms with E-state index in [1.165, 1.54) is 32.4 Å². The van der Waals surface area contributed by atoms with Gasteiger partial charge in [0.1, 0.15) is 10.7 Å². The number of hydrogen-bond acceptors (Lipinski definition) is 5. The molecule has 0 aromatic heterocycles. The van der Waals surface area contributed by atoms with E-state index in [1.807, 2.05) is 0 Å². The first kappa shape index (κ1) is 22.4. The Morgan fingerprint density at radius 3 is 2.00 bits per heavy atom. The molecule has 1 unspecified atom stereocenters. The van der Waals surface area contributed by atoms with Crippen molar-refractivity contribution in [3.8, 4) is 11.5 Å². The molecule has 0 bridgehead atoms. The second-order valence-corrected chi connectivity index (χ2v) is 6.80. The zero-order chi connectivity index (χ0) is 21.9. The number of rotatable bonds is 7. The van der Waals surface area contributed by atoms with Crippen LogP contribution in [0.25, 0.3) is 6.08 Å². The van der Waals surface area contributed by atoms with Crippen LogP contribution in [0.15, 0.2) is 23.2 Å². The van der Waals surface area contributed by atoms with Gasteiger partial charge in [0.05, 0.1) is 37.0 Å². The van der Waals surface area contributed by atoms with Crippen molar-refractivity contribution in [1.82, 2.24) is 0 Å². The predicted octanol–water partition coefficient (Wildman–Crippen LogP) is 3.92. The van der Waals surface area contributed by atoms with Crippen molar-refractivity contribution in [3.63, 3.8) is 0 Å². The molecule has 29 heavy (non-hydrogen) atoms. The van der Waals surface area contributed by atoms with E-state index in [2.05, 4.69) is 0 Å². The van der Waals surface area contributed by atoms with Crippen LogP contribution >= 0.6 is 0 Å². The maximum Gasteiger partial charge on any atom is 0.441 e. The lowest BCUT2D eigenvalue weighted by molar-refractivity contribution is -0.410. The number of hydrogen-bond donors (Lipinski definition) is 0. The average Bonchev–Trinajstić information content (AvgIpc) is 2.70. The highest BCUT2D eigenvalue weighted by molar-refractivity contribution is 7.94. The van der Waals surface area contributed by atoms with Crippen molar-refractivity contribution < 1.29 is 40.9 Å². The van der Waals surface area contributed by atoms with E-state index in [4.69, 9.17) is 9.47 Å². The Bertz CT molecular complexity index is 956. The smallest absolute Gasteiger partial charge is 0.441 e. The van der Waals surface area contributed by atoms with Gasteiger partial charge in [-0.15, -0.1) is 0 Å². The number of nitrogens with zero attached hydrogens (tertiary/aromatic N) is 1. The second kappa shape index (κ2) is 9.09. The summed E-state index contributed by atoms with van der Waals surface area (Å²) in [4.78, 5) is 9.98. The monoisotopic (exact) mass is 437 g/mol. The van der Waals surface area contributed by atoms with Crippen LogP contribution in [0.2, 0.25) is 0 Å². The molecule has 2 rings (SSSR count). The fraction of sp³-hybridized carbons (Fsp3) is 0.176. The van der Waals surface area contributed by atoms with E-state index < -0.39 is 61.5 Å². The third kappa shape index (κ3) is 4.59. The summed E-state index contributed by atoms with van der Waals surface area (Å²) < 4.78 is 89.7. The first-order valence-corrected chi connectivity index (χ1v) is 8.91. The van der Waals surface area contributed by atoms with Crippen molar-refractivity contribution in [2.75, 3.05) is 14.2 Å². The van der Waals surface area contributed by atoms with Crippen LogP contribution in [-0.4, -0.2) is 23.7 Å². The predicted molar refractivity (Wildman–Crippen MR) is 92.6 cm³/mol. The summed E-state index contributed by atoms with van der Waals surface area (Å²) in [5.74, 6) is -11.4. The van der Waals surface area contributed by atoms with Crippen molar-refractivity contribution in [3.05, 3.63) is 73.6 Å². The maximum atomic E-state index is 13.8. The minimum atomic E-state index is -2.50. The molecule has 12 heteroatoms. The zero-order valence-electron chi connectivity index (χ0n) is 14.8. The highest BCUT2D eigenvalue weighted by Gasteiger charge is 2.32. The summed E-state index contributed by atoms with van der Waals surface area (Å²) in [6, 6.07) is 4.22. The molecule has 0 amide bonds. The van der Waals surface area contributed by atoms with Gasteiger partial charge in [0, 0.05) is 5.56 Å². The van der Waals surface area contributed by atoms with Gasteiger partial charge in [-0.05, 0) is 12.1 Å². The molecule has 0 saturated carbocycles. The minimum absolute atomic E-state index is 0.0626. The molecule has 2 aromatic carbocycles. The van der Waals surface area contributed by atoms with Gasteiger partial charge in [0.2, 0.25) is 5.82 Å². The average molecular weight is 437 g/mol. The van der Waals surface area contributed by atoms with Crippen molar-refractivity contribution in [2.45, 2.75) is 5.75 Å². The van der Waals surface area contributed by atoms with Gasteiger partial charge in [-0.1, -0.05) is 6.07 Å². The van der Waals surface area contributed by atoms with Gasteiger partial charge in [-0.2, -0.15) is 0 Å². The normalized spacial score (nSPS) is 12.6. The van der Waals surface area contributed by atoms with E-state index in [0.29, 0.717) is 5.75 Å². The molecule has 156 valence electrons. The van der Waals surface area contributed by atoms with Gasteiger partial charge in [0.15, 0.2) is 34.8 Å². The van der Waals surface area contributed by atoms with E-state index in [9.17, 15) is 36.6 Å². The van der Waals surface area contributed by atoms with Crippen molar-refractivity contribution in [2.24, 2.45) is 0 Å². The Labute approximate surface area is 163 Å². The Morgan fingerprint density at radius 1 is 1.00 bits per heavy atom. The van der Waals surface area contributed by atoms with Gasteiger partial charge in [-0.25, -0.2) is 22.0 Å². The summed E-state index contributed by atoms with van der Waals surface area (Å²) in [7, 11) is 2.69. The number of nitro groups is 1. The van der Waals surface area contributed by atoms with Crippen molar-refractivity contribution >= 4 is 17.3 Å². The zero-order valence-corrected chi connectivity index (χ0v) is 15.6. The molecule has 0 fully saturated rings. The fourth-order valence-electron chi connectivity index (χ4n) is 2.27. The van der Waals surface area contributed by atoms with Crippen LogP contribution in [0.5, 0.6) is 11.5 Å². The third-order valence-electron chi connectivity index (χ3n) is 3.67. The van der Waals surface area contributed by atoms with Crippen LogP contribution in [0.4, 0.5) is 22.0 Å². The van der Waals surface area contributed by atoms with Gasteiger partial charge >= 0.3 is 5.03 Å². The lowest BCUT2D eigenvalue weighted by Crippen LogP contribution is -2.15.